The van der Waals surface area contributed by atoms with Crippen molar-refractivity contribution in [1.82, 2.24) is 4.98 Å². The lowest BCUT2D eigenvalue weighted by Crippen LogP contribution is -2.06. The van der Waals surface area contributed by atoms with Crippen LogP contribution in [0.5, 0.6) is 0 Å². The number of rotatable bonds is 1. The molecule has 3 heteroatoms. The molecule has 0 bridgehead atoms. The van der Waals surface area contributed by atoms with Gasteiger partial charge in [-0.25, -0.2) is 4.98 Å². The van der Waals surface area contributed by atoms with E-state index in [0.717, 1.165) is 17.3 Å². The normalized spacial score (nSPS) is 30.5. The van der Waals surface area contributed by atoms with E-state index in [1.807, 2.05) is 13.8 Å². The van der Waals surface area contributed by atoms with E-state index in [2.05, 4.69) is 18.8 Å². The second kappa shape index (κ2) is 2.35. The predicted molar refractivity (Wildman–Crippen MR) is 50.5 cm³/mol. The van der Waals surface area contributed by atoms with Crippen molar-refractivity contribution in [2.45, 2.75) is 39.7 Å². The van der Waals surface area contributed by atoms with Crippen molar-refractivity contribution in [1.29, 1.82) is 0 Å². The number of nitrogens with zero attached hydrogens (tertiary/aromatic N) is 1. The number of hydrogen-bond donors (Lipinski definition) is 1. The first-order valence-electron chi connectivity index (χ1n) is 4.64. The molecular weight excluding hydrogens is 164 g/mol. The summed E-state index contributed by atoms with van der Waals surface area (Å²) in [6.45, 7) is 8.20. The SMILES string of the molecule is Cc1nc([C@H]2[C@H](N)C2(C)C)oc1C. The summed E-state index contributed by atoms with van der Waals surface area (Å²) in [6.07, 6.45) is 0. The maximum Gasteiger partial charge on any atom is 0.199 e. The smallest absolute Gasteiger partial charge is 0.199 e. The van der Waals surface area contributed by atoms with Gasteiger partial charge in [-0.3, -0.25) is 0 Å². The molecule has 0 amide bonds. The highest BCUT2D eigenvalue weighted by Crippen LogP contribution is 2.57. The lowest BCUT2D eigenvalue weighted by atomic mass is 10.1. The summed E-state index contributed by atoms with van der Waals surface area (Å²) in [5, 5.41) is 0. The lowest BCUT2D eigenvalue weighted by Gasteiger charge is -1.96. The van der Waals surface area contributed by atoms with Crippen LogP contribution in [0.4, 0.5) is 0 Å². The molecule has 0 spiro atoms. The van der Waals surface area contributed by atoms with E-state index < -0.39 is 0 Å². The zero-order valence-corrected chi connectivity index (χ0v) is 8.59. The highest BCUT2D eigenvalue weighted by Gasteiger charge is 2.59. The van der Waals surface area contributed by atoms with Gasteiger partial charge in [0.1, 0.15) is 5.76 Å². The van der Waals surface area contributed by atoms with Crippen LogP contribution in [0, 0.1) is 19.3 Å². The zero-order valence-electron chi connectivity index (χ0n) is 8.59. The maximum atomic E-state index is 5.94. The Morgan fingerprint density at radius 1 is 1.38 bits per heavy atom. The molecule has 13 heavy (non-hydrogen) atoms. The van der Waals surface area contributed by atoms with Crippen molar-refractivity contribution in [3.8, 4) is 0 Å². The van der Waals surface area contributed by atoms with E-state index >= 15 is 0 Å². The van der Waals surface area contributed by atoms with Crippen LogP contribution in [0.2, 0.25) is 0 Å². The molecule has 0 aliphatic heterocycles. The molecule has 0 saturated heterocycles. The van der Waals surface area contributed by atoms with Crippen LogP contribution in [0.3, 0.4) is 0 Å². The molecule has 2 atom stereocenters. The third-order valence-electron chi connectivity index (χ3n) is 3.22. The van der Waals surface area contributed by atoms with Crippen molar-refractivity contribution in [3.05, 3.63) is 17.3 Å². The van der Waals surface area contributed by atoms with Crippen LogP contribution in [0.15, 0.2) is 4.42 Å². The predicted octanol–water partition coefficient (Wildman–Crippen LogP) is 1.74. The highest BCUT2D eigenvalue weighted by atomic mass is 16.4. The fraction of sp³-hybridized carbons (Fsp3) is 0.700. The molecule has 1 aliphatic carbocycles. The van der Waals surface area contributed by atoms with E-state index in [1.54, 1.807) is 0 Å². The van der Waals surface area contributed by atoms with Gasteiger partial charge in [0.2, 0.25) is 0 Å². The molecule has 2 N–H and O–H groups in total. The average Bonchev–Trinajstić information content (AvgIpc) is 2.34. The van der Waals surface area contributed by atoms with Gasteiger partial charge in [-0.15, -0.1) is 0 Å². The monoisotopic (exact) mass is 180 g/mol. The van der Waals surface area contributed by atoms with Crippen molar-refractivity contribution in [2.24, 2.45) is 11.1 Å². The summed E-state index contributed by atoms with van der Waals surface area (Å²) >= 11 is 0. The molecule has 1 saturated carbocycles. The molecule has 0 aromatic carbocycles. The van der Waals surface area contributed by atoms with Crippen molar-refractivity contribution >= 4 is 0 Å². The lowest BCUT2D eigenvalue weighted by molar-refractivity contribution is 0.449. The Balaban J connectivity index is 2.29. The minimum absolute atomic E-state index is 0.156. The molecule has 3 nitrogen and oxygen atoms in total. The summed E-state index contributed by atoms with van der Waals surface area (Å²) in [6, 6.07) is 0.199. The van der Waals surface area contributed by atoms with Crippen LogP contribution in [-0.4, -0.2) is 11.0 Å². The minimum Gasteiger partial charge on any atom is -0.445 e. The zero-order chi connectivity index (χ0) is 9.80. The fourth-order valence-electron chi connectivity index (χ4n) is 1.78. The molecule has 1 aromatic heterocycles. The highest BCUT2D eigenvalue weighted by molar-refractivity contribution is 5.24. The topological polar surface area (TPSA) is 52.0 Å². The summed E-state index contributed by atoms with van der Waals surface area (Å²) in [5.41, 5.74) is 7.07. The summed E-state index contributed by atoms with van der Waals surface area (Å²) in [5.74, 6) is 2.03. The molecule has 1 heterocycles. The van der Waals surface area contributed by atoms with Gasteiger partial charge in [0.25, 0.3) is 0 Å². The van der Waals surface area contributed by atoms with Gasteiger partial charge in [-0.1, -0.05) is 13.8 Å². The summed E-state index contributed by atoms with van der Waals surface area (Å²) in [7, 11) is 0. The second-order valence-electron chi connectivity index (χ2n) is 4.52. The molecule has 0 radical (unpaired) electrons. The third kappa shape index (κ3) is 1.10. The Morgan fingerprint density at radius 2 is 1.92 bits per heavy atom. The third-order valence-corrected chi connectivity index (χ3v) is 3.22. The van der Waals surface area contributed by atoms with Gasteiger partial charge >= 0.3 is 0 Å². The van der Waals surface area contributed by atoms with Gasteiger partial charge in [-0.2, -0.15) is 0 Å². The Labute approximate surface area is 78.3 Å². The first-order chi connectivity index (χ1) is 5.94. The summed E-state index contributed by atoms with van der Waals surface area (Å²) < 4.78 is 5.55. The number of aryl methyl sites for hydroxylation is 2. The molecule has 2 rings (SSSR count). The molecular formula is C10H16N2O. The van der Waals surface area contributed by atoms with Gasteiger partial charge in [0.15, 0.2) is 5.89 Å². The Kier molecular flexibility index (Phi) is 1.58. The Bertz CT molecular complexity index is 321. The van der Waals surface area contributed by atoms with Gasteiger partial charge in [-0.05, 0) is 19.3 Å². The molecule has 1 aliphatic rings. The number of hydrogen-bond acceptors (Lipinski definition) is 3. The molecule has 72 valence electrons. The second-order valence-corrected chi connectivity index (χ2v) is 4.52. The first kappa shape index (κ1) is 8.75. The van der Waals surface area contributed by atoms with E-state index in [4.69, 9.17) is 10.2 Å². The molecule has 1 fully saturated rings. The van der Waals surface area contributed by atoms with E-state index in [9.17, 15) is 0 Å². The van der Waals surface area contributed by atoms with Gasteiger partial charge < -0.3 is 10.2 Å². The van der Waals surface area contributed by atoms with Crippen molar-refractivity contribution in [2.75, 3.05) is 0 Å². The summed E-state index contributed by atoms with van der Waals surface area (Å²) in [4.78, 5) is 4.37. The molecule has 0 unspecified atom stereocenters. The first-order valence-corrected chi connectivity index (χ1v) is 4.64. The van der Waals surface area contributed by atoms with Crippen molar-refractivity contribution in [3.63, 3.8) is 0 Å². The van der Waals surface area contributed by atoms with E-state index in [0.29, 0.717) is 5.92 Å². The van der Waals surface area contributed by atoms with Crippen LogP contribution in [0.25, 0.3) is 0 Å². The van der Waals surface area contributed by atoms with E-state index in [1.165, 1.54) is 0 Å². The standard InChI is InChI=1S/C10H16N2O/c1-5-6(2)13-9(12-5)7-8(11)10(7,3)4/h7-8H,11H2,1-4H3/t7-,8+/m1/s1. The number of aromatic nitrogens is 1. The Hall–Kier alpha value is -0.830. The van der Waals surface area contributed by atoms with Gasteiger partial charge in [0, 0.05) is 6.04 Å². The fourth-order valence-corrected chi connectivity index (χ4v) is 1.78. The number of nitrogens with two attached hydrogens (primary N) is 1. The van der Waals surface area contributed by atoms with Gasteiger partial charge in [0.05, 0.1) is 11.6 Å². The van der Waals surface area contributed by atoms with Crippen LogP contribution in [0.1, 0.15) is 37.1 Å². The Morgan fingerprint density at radius 3 is 2.23 bits per heavy atom. The van der Waals surface area contributed by atoms with Crippen LogP contribution >= 0.6 is 0 Å². The van der Waals surface area contributed by atoms with Crippen molar-refractivity contribution < 1.29 is 4.42 Å². The largest absolute Gasteiger partial charge is 0.445 e. The quantitative estimate of drug-likeness (QED) is 0.716. The van der Waals surface area contributed by atoms with Crippen LogP contribution in [-0.2, 0) is 0 Å². The molecule has 1 aromatic rings. The van der Waals surface area contributed by atoms with Crippen LogP contribution < -0.4 is 5.73 Å². The maximum absolute atomic E-state index is 5.94. The van der Waals surface area contributed by atoms with E-state index in [-0.39, 0.29) is 11.5 Å². The average molecular weight is 180 g/mol. The number of oxazole rings is 1. The minimum atomic E-state index is 0.156.